The average Bonchev–Trinajstić information content (AvgIpc) is 2.86. The first-order valence-corrected chi connectivity index (χ1v) is 7.99. The van der Waals surface area contributed by atoms with Crippen LogP contribution in [0, 0.1) is 13.8 Å². The largest absolute Gasteiger partial charge is 0.361 e. The van der Waals surface area contributed by atoms with E-state index in [1.807, 2.05) is 51.0 Å². The third kappa shape index (κ3) is 5.13. The molecule has 0 radical (unpaired) electrons. The van der Waals surface area contributed by atoms with E-state index < -0.39 is 0 Å². The Hall–Kier alpha value is -2.30. The van der Waals surface area contributed by atoms with E-state index in [0.29, 0.717) is 6.54 Å². The number of guanidine groups is 1. The molecule has 0 aliphatic heterocycles. The van der Waals surface area contributed by atoms with Crippen LogP contribution < -0.4 is 5.32 Å². The van der Waals surface area contributed by atoms with Gasteiger partial charge in [0.25, 0.3) is 0 Å². The number of nitrogens with one attached hydrogen (secondary N) is 1. The van der Waals surface area contributed by atoms with E-state index in [1.54, 1.807) is 0 Å². The molecule has 5 heteroatoms. The normalized spacial score (nSPS) is 11.6. The van der Waals surface area contributed by atoms with Crippen LogP contribution in [0.15, 0.2) is 39.8 Å². The van der Waals surface area contributed by atoms with E-state index in [-0.39, 0.29) is 0 Å². The smallest absolute Gasteiger partial charge is 0.193 e. The van der Waals surface area contributed by atoms with Crippen molar-refractivity contribution in [3.63, 3.8) is 0 Å². The van der Waals surface area contributed by atoms with Crippen LogP contribution in [0.4, 0.5) is 0 Å². The van der Waals surface area contributed by atoms with Gasteiger partial charge in [-0.3, -0.25) is 0 Å². The number of rotatable bonds is 6. The molecule has 1 N–H and O–H groups in total. The maximum Gasteiger partial charge on any atom is 0.193 e. The maximum absolute atomic E-state index is 5.20. The molecule has 0 bridgehead atoms. The number of benzene rings is 1. The Balaban J connectivity index is 1.83. The maximum atomic E-state index is 5.20. The number of aromatic nitrogens is 1. The van der Waals surface area contributed by atoms with Gasteiger partial charge in [0.1, 0.15) is 5.76 Å². The number of nitrogens with zero attached hydrogens (tertiary/aromatic N) is 3. The highest BCUT2D eigenvalue weighted by Crippen LogP contribution is 2.13. The average molecular weight is 314 g/mol. The number of aliphatic imine (C=N–C) groups is 1. The molecule has 0 fully saturated rings. The lowest BCUT2D eigenvalue weighted by Gasteiger charge is -2.17. The molecule has 2 aromatic rings. The topological polar surface area (TPSA) is 53.7 Å². The van der Waals surface area contributed by atoms with E-state index in [2.05, 4.69) is 27.6 Å². The first kappa shape index (κ1) is 17.1. The summed E-state index contributed by atoms with van der Waals surface area (Å²) < 4.78 is 5.20. The van der Waals surface area contributed by atoms with Crippen LogP contribution >= 0.6 is 0 Å². The quantitative estimate of drug-likeness (QED) is 0.506. The van der Waals surface area contributed by atoms with Crippen molar-refractivity contribution < 1.29 is 4.52 Å². The van der Waals surface area contributed by atoms with Crippen molar-refractivity contribution >= 4 is 5.96 Å². The van der Waals surface area contributed by atoms with Gasteiger partial charge in [-0.25, -0.2) is 4.99 Å². The lowest BCUT2D eigenvalue weighted by atomic mass is 10.1. The van der Waals surface area contributed by atoms with E-state index in [9.17, 15) is 0 Å². The Labute approximate surface area is 138 Å². The Morgan fingerprint density at radius 2 is 1.96 bits per heavy atom. The predicted octanol–water partition coefficient (Wildman–Crippen LogP) is 2.93. The summed E-state index contributed by atoms with van der Waals surface area (Å²) in [7, 11) is 4.01. The van der Waals surface area contributed by atoms with Crippen LogP contribution in [0.25, 0.3) is 0 Å². The van der Waals surface area contributed by atoms with Crippen molar-refractivity contribution in [3.05, 3.63) is 52.9 Å². The fraction of sp³-hybridized carbons (Fsp3) is 0.444. The summed E-state index contributed by atoms with van der Waals surface area (Å²) in [6, 6.07) is 10.3. The molecule has 0 saturated carbocycles. The van der Waals surface area contributed by atoms with Crippen molar-refractivity contribution in [1.29, 1.82) is 0 Å². The van der Waals surface area contributed by atoms with Crippen LogP contribution in [-0.2, 0) is 13.0 Å². The Bertz CT molecular complexity index is 612. The van der Waals surface area contributed by atoms with Crippen LogP contribution in [0.5, 0.6) is 0 Å². The van der Waals surface area contributed by atoms with Crippen LogP contribution in [0.2, 0.25) is 0 Å². The molecule has 1 heterocycles. The molecule has 124 valence electrons. The molecule has 0 saturated heterocycles. The fourth-order valence-corrected chi connectivity index (χ4v) is 2.43. The standard InChI is InChI=1S/C18H26N4O/c1-14-17(15(2)23-21-14)11-8-12-19-18(22(3)4)20-13-16-9-6-5-7-10-16/h5-7,9-10H,8,11-13H2,1-4H3,(H,19,20). The van der Waals surface area contributed by atoms with Crippen molar-refractivity contribution in [2.24, 2.45) is 4.99 Å². The van der Waals surface area contributed by atoms with E-state index >= 15 is 0 Å². The Morgan fingerprint density at radius 1 is 1.22 bits per heavy atom. The first-order chi connectivity index (χ1) is 11.1. The molecule has 1 aromatic carbocycles. The Morgan fingerprint density at radius 3 is 2.57 bits per heavy atom. The van der Waals surface area contributed by atoms with Gasteiger partial charge < -0.3 is 14.7 Å². The zero-order chi connectivity index (χ0) is 16.7. The second kappa shape index (κ2) is 8.36. The van der Waals surface area contributed by atoms with Gasteiger partial charge in [0.15, 0.2) is 5.96 Å². The number of hydrogen-bond donors (Lipinski definition) is 1. The van der Waals surface area contributed by atoms with Crippen LogP contribution in [0.3, 0.4) is 0 Å². The van der Waals surface area contributed by atoms with E-state index in [1.165, 1.54) is 11.1 Å². The second-order valence-electron chi connectivity index (χ2n) is 5.85. The third-order valence-corrected chi connectivity index (χ3v) is 3.75. The molecule has 0 spiro atoms. The molecular formula is C18H26N4O. The van der Waals surface area contributed by atoms with Crippen molar-refractivity contribution in [1.82, 2.24) is 15.4 Å². The highest BCUT2D eigenvalue weighted by atomic mass is 16.5. The molecular weight excluding hydrogens is 288 g/mol. The SMILES string of the molecule is Cc1noc(C)c1CCCNC(=NCc1ccccc1)N(C)C. The molecule has 0 atom stereocenters. The monoisotopic (exact) mass is 314 g/mol. The molecule has 23 heavy (non-hydrogen) atoms. The van der Waals surface area contributed by atoms with Gasteiger partial charge in [0.2, 0.25) is 0 Å². The summed E-state index contributed by atoms with van der Waals surface area (Å²) >= 11 is 0. The van der Waals surface area contributed by atoms with Gasteiger partial charge in [-0.1, -0.05) is 35.5 Å². The van der Waals surface area contributed by atoms with E-state index in [4.69, 9.17) is 4.52 Å². The van der Waals surface area contributed by atoms with Crippen molar-refractivity contribution in [2.75, 3.05) is 20.6 Å². The Kier molecular flexibility index (Phi) is 6.20. The van der Waals surface area contributed by atoms with Gasteiger partial charge in [-0.05, 0) is 32.3 Å². The predicted molar refractivity (Wildman–Crippen MR) is 93.6 cm³/mol. The number of hydrogen-bond acceptors (Lipinski definition) is 3. The molecule has 0 aliphatic rings. The van der Waals surface area contributed by atoms with Crippen molar-refractivity contribution in [3.8, 4) is 0 Å². The lowest BCUT2D eigenvalue weighted by Crippen LogP contribution is -2.37. The lowest BCUT2D eigenvalue weighted by molar-refractivity contribution is 0.392. The molecule has 0 aliphatic carbocycles. The van der Waals surface area contributed by atoms with Crippen LogP contribution in [-0.4, -0.2) is 36.7 Å². The van der Waals surface area contributed by atoms with Gasteiger partial charge >= 0.3 is 0 Å². The first-order valence-electron chi connectivity index (χ1n) is 7.99. The zero-order valence-electron chi connectivity index (χ0n) is 14.5. The minimum atomic E-state index is 0.686. The summed E-state index contributed by atoms with van der Waals surface area (Å²) in [4.78, 5) is 6.68. The van der Waals surface area contributed by atoms with Gasteiger partial charge in [0.05, 0.1) is 12.2 Å². The highest BCUT2D eigenvalue weighted by molar-refractivity contribution is 5.79. The molecule has 0 unspecified atom stereocenters. The molecule has 0 amide bonds. The molecule has 2 rings (SSSR count). The second-order valence-corrected chi connectivity index (χ2v) is 5.85. The highest BCUT2D eigenvalue weighted by Gasteiger charge is 2.08. The summed E-state index contributed by atoms with van der Waals surface area (Å²) in [5.74, 6) is 1.83. The van der Waals surface area contributed by atoms with Gasteiger partial charge in [0, 0.05) is 26.2 Å². The van der Waals surface area contributed by atoms with Gasteiger partial charge in [-0.2, -0.15) is 0 Å². The number of aryl methyl sites for hydroxylation is 2. The molecule has 5 nitrogen and oxygen atoms in total. The minimum absolute atomic E-state index is 0.686. The summed E-state index contributed by atoms with van der Waals surface area (Å²) in [6.45, 7) is 5.52. The van der Waals surface area contributed by atoms with Crippen molar-refractivity contribution in [2.45, 2.75) is 33.2 Å². The fourth-order valence-electron chi connectivity index (χ4n) is 2.43. The van der Waals surface area contributed by atoms with Crippen LogP contribution in [0.1, 0.15) is 29.0 Å². The summed E-state index contributed by atoms with van der Waals surface area (Å²) in [5.41, 5.74) is 3.43. The zero-order valence-corrected chi connectivity index (χ0v) is 14.5. The summed E-state index contributed by atoms with van der Waals surface area (Å²) in [5, 5.41) is 7.41. The minimum Gasteiger partial charge on any atom is -0.361 e. The van der Waals surface area contributed by atoms with Gasteiger partial charge in [-0.15, -0.1) is 0 Å². The molecule has 1 aromatic heterocycles. The third-order valence-electron chi connectivity index (χ3n) is 3.75. The van der Waals surface area contributed by atoms with E-state index in [0.717, 1.165) is 36.8 Å². The summed E-state index contributed by atoms with van der Waals surface area (Å²) in [6.07, 6.45) is 1.98.